The Morgan fingerprint density at radius 1 is 1.17 bits per heavy atom. The second-order valence-electron chi connectivity index (χ2n) is 6.21. The molecular formula is C18H20N4O. The summed E-state index contributed by atoms with van der Waals surface area (Å²) in [6.45, 7) is 5.64. The Morgan fingerprint density at radius 3 is 2.91 bits per heavy atom. The molecule has 0 amide bonds. The van der Waals surface area contributed by atoms with Gasteiger partial charge in [-0.1, -0.05) is 12.1 Å². The minimum atomic E-state index is 0.797. The lowest BCUT2D eigenvalue weighted by atomic mass is 10.1. The van der Waals surface area contributed by atoms with Gasteiger partial charge in [-0.25, -0.2) is 4.98 Å². The van der Waals surface area contributed by atoms with Crippen molar-refractivity contribution < 1.29 is 4.74 Å². The number of ether oxygens (including phenoxy) is 1. The van der Waals surface area contributed by atoms with Crippen molar-refractivity contribution in [2.75, 3.05) is 18.6 Å². The molecule has 3 aromatic rings. The van der Waals surface area contributed by atoms with Gasteiger partial charge in [-0.15, -0.1) is 0 Å². The van der Waals surface area contributed by atoms with E-state index in [1.165, 1.54) is 11.1 Å². The predicted molar refractivity (Wildman–Crippen MR) is 90.2 cm³/mol. The van der Waals surface area contributed by atoms with E-state index in [0.29, 0.717) is 0 Å². The zero-order valence-electron chi connectivity index (χ0n) is 13.7. The third kappa shape index (κ3) is 2.52. The average molecular weight is 308 g/mol. The third-order valence-electron chi connectivity index (χ3n) is 4.22. The van der Waals surface area contributed by atoms with Crippen molar-refractivity contribution in [1.29, 1.82) is 0 Å². The molecule has 0 aliphatic carbocycles. The molecule has 23 heavy (non-hydrogen) atoms. The number of aryl methyl sites for hydroxylation is 2. The van der Waals surface area contributed by atoms with Crippen LogP contribution in [-0.2, 0) is 13.0 Å². The van der Waals surface area contributed by atoms with Gasteiger partial charge >= 0.3 is 0 Å². The smallest absolute Gasteiger partial charge is 0.157 e. The predicted octanol–water partition coefficient (Wildman–Crippen LogP) is 2.92. The molecule has 1 aromatic carbocycles. The number of hydrogen-bond acceptors (Lipinski definition) is 4. The highest BCUT2D eigenvalue weighted by Crippen LogP contribution is 2.27. The first-order chi connectivity index (χ1) is 11.1. The number of anilines is 1. The van der Waals surface area contributed by atoms with Crippen LogP contribution >= 0.6 is 0 Å². The van der Waals surface area contributed by atoms with E-state index in [1.807, 2.05) is 24.4 Å². The minimum Gasteiger partial charge on any atom is -0.493 e. The molecule has 1 aliphatic heterocycles. The molecule has 5 nitrogen and oxygen atoms in total. The van der Waals surface area contributed by atoms with Gasteiger partial charge in [-0.05, 0) is 31.0 Å². The van der Waals surface area contributed by atoms with Gasteiger partial charge < -0.3 is 9.64 Å². The first-order valence-corrected chi connectivity index (χ1v) is 7.90. The Labute approximate surface area is 135 Å². The fraction of sp³-hybridized carbons (Fsp3) is 0.333. The second kappa shape index (κ2) is 5.26. The lowest BCUT2D eigenvalue weighted by Gasteiger charge is -2.21. The van der Waals surface area contributed by atoms with Gasteiger partial charge in [0, 0.05) is 37.8 Å². The van der Waals surface area contributed by atoms with Crippen molar-refractivity contribution in [3.05, 3.63) is 52.8 Å². The SMILES string of the molecule is Cc1cc(N(C)Cc2ccc3c(c2)CCO3)n2nc(C)cc2n1. The summed E-state index contributed by atoms with van der Waals surface area (Å²) in [5, 5.41) is 4.57. The standard InChI is InChI=1S/C18H20N4O/c1-12-9-18(22-17(19-12)8-13(2)20-22)21(3)11-14-4-5-16-15(10-14)6-7-23-16/h4-5,8-10H,6-7,11H2,1-3H3. The zero-order valence-corrected chi connectivity index (χ0v) is 13.7. The van der Waals surface area contributed by atoms with Gasteiger partial charge in [0.1, 0.15) is 11.6 Å². The summed E-state index contributed by atoms with van der Waals surface area (Å²) in [7, 11) is 2.09. The molecule has 118 valence electrons. The number of benzene rings is 1. The highest BCUT2D eigenvalue weighted by atomic mass is 16.5. The van der Waals surface area contributed by atoms with E-state index in [9.17, 15) is 0 Å². The van der Waals surface area contributed by atoms with E-state index in [4.69, 9.17) is 4.74 Å². The van der Waals surface area contributed by atoms with Crippen molar-refractivity contribution in [2.45, 2.75) is 26.8 Å². The maximum atomic E-state index is 5.58. The fourth-order valence-electron chi connectivity index (χ4n) is 3.16. The number of fused-ring (bicyclic) bond motifs is 2. The van der Waals surface area contributed by atoms with Gasteiger partial charge in [0.15, 0.2) is 5.65 Å². The molecule has 0 spiro atoms. The van der Waals surface area contributed by atoms with Gasteiger partial charge in [-0.2, -0.15) is 9.61 Å². The summed E-state index contributed by atoms with van der Waals surface area (Å²) in [5.74, 6) is 2.08. The molecule has 0 atom stereocenters. The Hall–Kier alpha value is -2.56. The molecule has 0 saturated carbocycles. The van der Waals surface area contributed by atoms with E-state index in [-0.39, 0.29) is 0 Å². The van der Waals surface area contributed by atoms with Crippen LogP contribution in [0.4, 0.5) is 5.82 Å². The lowest BCUT2D eigenvalue weighted by molar-refractivity contribution is 0.357. The first-order valence-electron chi connectivity index (χ1n) is 7.90. The molecule has 1 aliphatic rings. The lowest BCUT2D eigenvalue weighted by Crippen LogP contribution is -2.20. The summed E-state index contributed by atoms with van der Waals surface area (Å²) in [5.41, 5.74) is 5.46. The van der Waals surface area contributed by atoms with E-state index in [2.05, 4.69) is 46.3 Å². The summed E-state index contributed by atoms with van der Waals surface area (Å²) < 4.78 is 7.50. The van der Waals surface area contributed by atoms with Crippen molar-refractivity contribution in [1.82, 2.24) is 14.6 Å². The van der Waals surface area contributed by atoms with Crippen LogP contribution in [-0.4, -0.2) is 28.3 Å². The fourth-order valence-corrected chi connectivity index (χ4v) is 3.16. The maximum absolute atomic E-state index is 5.58. The Balaban J connectivity index is 1.68. The van der Waals surface area contributed by atoms with Crippen molar-refractivity contribution >= 4 is 11.5 Å². The summed E-state index contributed by atoms with van der Waals surface area (Å²) in [4.78, 5) is 6.77. The van der Waals surface area contributed by atoms with Crippen LogP contribution in [0, 0.1) is 13.8 Å². The topological polar surface area (TPSA) is 42.7 Å². The normalized spacial score (nSPS) is 13.2. The molecule has 0 N–H and O–H groups in total. The van der Waals surface area contributed by atoms with Crippen LogP contribution in [0.25, 0.3) is 5.65 Å². The van der Waals surface area contributed by atoms with Crippen LogP contribution in [0.15, 0.2) is 30.3 Å². The quantitative estimate of drug-likeness (QED) is 0.746. The maximum Gasteiger partial charge on any atom is 0.157 e. The highest BCUT2D eigenvalue weighted by molar-refractivity contribution is 5.52. The average Bonchev–Trinajstić information content (AvgIpc) is 3.10. The van der Waals surface area contributed by atoms with Gasteiger partial charge in [-0.3, -0.25) is 0 Å². The molecule has 0 saturated heterocycles. The van der Waals surface area contributed by atoms with Crippen molar-refractivity contribution in [3.63, 3.8) is 0 Å². The molecule has 4 rings (SSSR count). The molecule has 2 aromatic heterocycles. The van der Waals surface area contributed by atoms with Crippen LogP contribution in [0.1, 0.15) is 22.5 Å². The molecule has 0 radical (unpaired) electrons. The van der Waals surface area contributed by atoms with Crippen LogP contribution in [0.3, 0.4) is 0 Å². The summed E-state index contributed by atoms with van der Waals surface area (Å²) >= 11 is 0. The molecule has 5 heteroatoms. The van der Waals surface area contributed by atoms with Gasteiger partial charge in [0.2, 0.25) is 0 Å². The Kier molecular flexibility index (Phi) is 3.22. The second-order valence-corrected chi connectivity index (χ2v) is 6.21. The highest BCUT2D eigenvalue weighted by Gasteiger charge is 2.14. The third-order valence-corrected chi connectivity index (χ3v) is 4.22. The van der Waals surface area contributed by atoms with Crippen LogP contribution in [0.2, 0.25) is 0 Å². The van der Waals surface area contributed by atoms with Crippen molar-refractivity contribution in [3.8, 4) is 5.75 Å². The van der Waals surface area contributed by atoms with E-state index in [1.54, 1.807) is 0 Å². The molecule has 0 bridgehead atoms. The molecule has 0 fully saturated rings. The Bertz CT molecular complexity index is 884. The van der Waals surface area contributed by atoms with E-state index in [0.717, 1.165) is 48.2 Å². The number of nitrogens with zero attached hydrogens (tertiary/aromatic N) is 4. The van der Waals surface area contributed by atoms with Crippen LogP contribution < -0.4 is 9.64 Å². The summed E-state index contributed by atoms with van der Waals surface area (Å²) in [6, 6.07) is 10.6. The van der Waals surface area contributed by atoms with E-state index < -0.39 is 0 Å². The van der Waals surface area contributed by atoms with E-state index >= 15 is 0 Å². The number of aromatic nitrogens is 3. The molecule has 0 unspecified atom stereocenters. The first kappa shape index (κ1) is 14.1. The van der Waals surface area contributed by atoms with Crippen LogP contribution in [0.5, 0.6) is 5.75 Å². The Morgan fingerprint density at radius 2 is 2.04 bits per heavy atom. The monoisotopic (exact) mass is 308 g/mol. The number of rotatable bonds is 3. The largest absolute Gasteiger partial charge is 0.493 e. The van der Waals surface area contributed by atoms with Gasteiger partial charge in [0.05, 0.1) is 12.3 Å². The summed E-state index contributed by atoms with van der Waals surface area (Å²) in [6.07, 6.45) is 1.00. The van der Waals surface area contributed by atoms with Crippen molar-refractivity contribution in [2.24, 2.45) is 0 Å². The molecule has 3 heterocycles. The van der Waals surface area contributed by atoms with Gasteiger partial charge in [0.25, 0.3) is 0 Å². The number of hydrogen-bond donors (Lipinski definition) is 0. The zero-order chi connectivity index (χ0) is 16.0. The minimum absolute atomic E-state index is 0.797. The molecular weight excluding hydrogens is 288 g/mol.